The zero-order valence-electron chi connectivity index (χ0n) is 6.71. The number of piperidine rings is 1. The van der Waals surface area contributed by atoms with Gasteiger partial charge in [-0.05, 0) is 19.4 Å². The van der Waals surface area contributed by atoms with Gasteiger partial charge in [0, 0.05) is 0 Å². The predicted molar refractivity (Wildman–Crippen MR) is 44.1 cm³/mol. The molecular formula is C7H13N3O2. The summed E-state index contributed by atoms with van der Waals surface area (Å²) in [4.78, 5) is 10.7. The van der Waals surface area contributed by atoms with Gasteiger partial charge in [0.15, 0.2) is 0 Å². The number of hydrogen-bond donors (Lipinski definition) is 4. The van der Waals surface area contributed by atoms with Crippen molar-refractivity contribution < 1.29 is 9.90 Å². The number of nitrogens with one attached hydrogen (secondary N) is 2. The standard InChI is InChI=1S/C7H13N3O2/c8-6(9)5-4(7(11)12)2-1-3-10-5/h4-5,10H,1-3H2,(H3,8,9)(H,11,12). The number of nitrogens with two attached hydrogens (primary N) is 1. The fourth-order valence-electron chi connectivity index (χ4n) is 1.48. The molecule has 0 spiro atoms. The van der Waals surface area contributed by atoms with Gasteiger partial charge >= 0.3 is 5.97 Å². The quantitative estimate of drug-likeness (QED) is 0.328. The van der Waals surface area contributed by atoms with Gasteiger partial charge in [-0.2, -0.15) is 0 Å². The normalized spacial score (nSPS) is 29.7. The summed E-state index contributed by atoms with van der Waals surface area (Å²) in [5.74, 6) is -1.49. The van der Waals surface area contributed by atoms with E-state index >= 15 is 0 Å². The number of aliphatic carboxylic acids is 1. The molecule has 68 valence electrons. The third-order valence-corrected chi connectivity index (χ3v) is 2.11. The van der Waals surface area contributed by atoms with Crippen LogP contribution in [0.25, 0.3) is 0 Å². The minimum Gasteiger partial charge on any atom is -0.481 e. The lowest BCUT2D eigenvalue weighted by Crippen LogP contribution is -2.52. The average molecular weight is 171 g/mol. The Morgan fingerprint density at radius 3 is 2.75 bits per heavy atom. The maximum Gasteiger partial charge on any atom is 0.308 e. The van der Waals surface area contributed by atoms with Crippen LogP contribution in [0.2, 0.25) is 0 Å². The third kappa shape index (κ3) is 1.73. The van der Waals surface area contributed by atoms with Crippen LogP contribution in [0, 0.1) is 11.3 Å². The van der Waals surface area contributed by atoms with Crippen LogP contribution in [-0.4, -0.2) is 29.5 Å². The van der Waals surface area contributed by atoms with Gasteiger partial charge in [0.05, 0.1) is 12.0 Å². The molecule has 5 nitrogen and oxygen atoms in total. The first-order valence-corrected chi connectivity index (χ1v) is 3.93. The molecule has 5 heteroatoms. The van der Waals surface area contributed by atoms with Crippen LogP contribution in [0.5, 0.6) is 0 Å². The molecule has 0 aliphatic carbocycles. The molecule has 2 atom stereocenters. The average Bonchev–Trinajstić information content (AvgIpc) is 2.04. The Morgan fingerprint density at radius 1 is 1.67 bits per heavy atom. The summed E-state index contributed by atoms with van der Waals surface area (Å²) in [5.41, 5.74) is 5.25. The van der Waals surface area contributed by atoms with Crippen molar-refractivity contribution in [3.05, 3.63) is 0 Å². The number of amidine groups is 1. The number of carboxylic acid groups (broad SMARTS) is 1. The summed E-state index contributed by atoms with van der Waals surface area (Å²) in [6.07, 6.45) is 1.44. The van der Waals surface area contributed by atoms with Crippen LogP contribution < -0.4 is 11.1 Å². The van der Waals surface area contributed by atoms with E-state index in [1.54, 1.807) is 0 Å². The Labute approximate surface area is 70.5 Å². The molecule has 0 bridgehead atoms. The van der Waals surface area contributed by atoms with E-state index in [1.807, 2.05) is 0 Å². The van der Waals surface area contributed by atoms with Crippen molar-refractivity contribution in [2.24, 2.45) is 11.7 Å². The van der Waals surface area contributed by atoms with E-state index in [4.69, 9.17) is 16.2 Å². The summed E-state index contributed by atoms with van der Waals surface area (Å²) < 4.78 is 0. The fraction of sp³-hybridized carbons (Fsp3) is 0.714. The molecule has 0 radical (unpaired) electrons. The topological polar surface area (TPSA) is 99.2 Å². The minimum absolute atomic E-state index is 0.0814. The van der Waals surface area contributed by atoms with Crippen LogP contribution in [-0.2, 0) is 4.79 Å². The SMILES string of the molecule is N=C(N)C1NCCCC1C(=O)O. The molecule has 5 N–H and O–H groups in total. The molecule has 0 amide bonds. The highest BCUT2D eigenvalue weighted by Crippen LogP contribution is 2.16. The molecule has 0 aromatic rings. The van der Waals surface area contributed by atoms with Gasteiger partial charge in [-0.1, -0.05) is 0 Å². The van der Waals surface area contributed by atoms with Crippen LogP contribution in [0.15, 0.2) is 0 Å². The van der Waals surface area contributed by atoms with Crippen LogP contribution in [0.1, 0.15) is 12.8 Å². The molecule has 1 rings (SSSR count). The smallest absolute Gasteiger partial charge is 0.308 e. The van der Waals surface area contributed by atoms with Crippen molar-refractivity contribution in [2.45, 2.75) is 18.9 Å². The second-order valence-corrected chi connectivity index (χ2v) is 2.97. The molecule has 0 aromatic carbocycles. The third-order valence-electron chi connectivity index (χ3n) is 2.11. The maximum atomic E-state index is 10.7. The lowest BCUT2D eigenvalue weighted by atomic mass is 9.90. The second kappa shape index (κ2) is 3.53. The van der Waals surface area contributed by atoms with Crippen molar-refractivity contribution in [1.82, 2.24) is 5.32 Å². The predicted octanol–water partition coefficient (Wildman–Crippen LogP) is -0.625. The van der Waals surface area contributed by atoms with Crippen LogP contribution >= 0.6 is 0 Å². The zero-order valence-corrected chi connectivity index (χ0v) is 6.71. The molecule has 1 aliphatic rings. The van der Waals surface area contributed by atoms with E-state index in [0.29, 0.717) is 6.42 Å². The summed E-state index contributed by atoms with van der Waals surface area (Å²) in [5, 5.41) is 18.8. The Kier molecular flexibility index (Phi) is 2.65. The minimum atomic E-state index is -0.873. The van der Waals surface area contributed by atoms with E-state index in [-0.39, 0.29) is 5.84 Å². The van der Waals surface area contributed by atoms with Crippen LogP contribution in [0.3, 0.4) is 0 Å². The number of carboxylic acids is 1. The molecule has 0 aromatic heterocycles. The summed E-state index contributed by atoms with van der Waals surface area (Å²) in [6.45, 7) is 0.744. The summed E-state index contributed by atoms with van der Waals surface area (Å²) in [6, 6.07) is -0.476. The van der Waals surface area contributed by atoms with Gasteiger partial charge in [0.25, 0.3) is 0 Å². The summed E-state index contributed by atoms with van der Waals surface area (Å²) in [7, 11) is 0. The molecule has 1 saturated heterocycles. The number of rotatable bonds is 2. The van der Waals surface area contributed by atoms with Gasteiger partial charge in [-0.25, -0.2) is 0 Å². The highest BCUT2D eigenvalue weighted by molar-refractivity contribution is 5.88. The van der Waals surface area contributed by atoms with Crippen molar-refractivity contribution in [3.8, 4) is 0 Å². The second-order valence-electron chi connectivity index (χ2n) is 2.97. The van der Waals surface area contributed by atoms with Gasteiger partial charge < -0.3 is 16.2 Å². The highest BCUT2D eigenvalue weighted by Gasteiger charge is 2.32. The van der Waals surface area contributed by atoms with Gasteiger partial charge in [-0.3, -0.25) is 10.2 Å². The first kappa shape index (κ1) is 8.99. The van der Waals surface area contributed by atoms with Gasteiger partial charge in [-0.15, -0.1) is 0 Å². The molecule has 1 aliphatic heterocycles. The molecule has 1 heterocycles. The van der Waals surface area contributed by atoms with Crippen molar-refractivity contribution in [2.75, 3.05) is 6.54 Å². The Hall–Kier alpha value is -1.10. The van der Waals surface area contributed by atoms with Crippen LogP contribution in [0.4, 0.5) is 0 Å². The molecular weight excluding hydrogens is 158 g/mol. The largest absolute Gasteiger partial charge is 0.481 e. The van der Waals surface area contributed by atoms with E-state index in [9.17, 15) is 4.79 Å². The lowest BCUT2D eigenvalue weighted by Gasteiger charge is -2.28. The zero-order chi connectivity index (χ0) is 9.14. The maximum absolute atomic E-state index is 10.7. The Morgan fingerprint density at radius 2 is 2.33 bits per heavy atom. The first-order valence-electron chi connectivity index (χ1n) is 3.93. The number of carbonyl (C=O) groups is 1. The Bertz CT molecular complexity index is 183. The highest BCUT2D eigenvalue weighted by atomic mass is 16.4. The molecule has 12 heavy (non-hydrogen) atoms. The van der Waals surface area contributed by atoms with Crippen molar-refractivity contribution >= 4 is 11.8 Å². The first-order chi connectivity index (χ1) is 5.63. The van der Waals surface area contributed by atoms with E-state index in [0.717, 1.165) is 13.0 Å². The van der Waals surface area contributed by atoms with Crippen molar-refractivity contribution in [1.29, 1.82) is 5.41 Å². The van der Waals surface area contributed by atoms with Gasteiger partial charge in [0.1, 0.15) is 5.84 Å². The molecule has 0 saturated carbocycles. The number of hydrogen-bond acceptors (Lipinski definition) is 3. The van der Waals surface area contributed by atoms with E-state index in [2.05, 4.69) is 5.32 Å². The fourth-order valence-corrected chi connectivity index (χ4v) is 1.48. The Balaban J connectivity index is 2.67. The van der Waals surface area contributed by atoms with E-state index < -0.39 is 17.9 Å². The molecule has 2 unspecified atom stereocenters. The summed E-state index contributed by atoms with van der Waals surface area (Å²) >= 11 is 0. The van der Waals surface area contributed by atoms with Crippen molar-refractivity contribution in [3.63, 3.8) is 0 Å². The molecule has 1 fully saturated rings. The monoisotopic (exact) mass is 171 g/mol. The lowest BCUT2D eigenvalue weighted by molar-refractivity contribution is -0.142. The van der Waals surface area contributed by atoms with Gasteiger partial charge in [0.2, 0.25) is 0 Å². The van der Waals surface area contributed by atoms with E-state index in [1.165, 1.54) is 0 Å².